The largest absolute Gasteiger partial charge is 0.307 e. The van der Waals surface area contributed by atoms with Crippen molar-refractivity contribution in [1.82, 2.24) is 14.1 Å². The van der Waals surface area contributed by atoms with Gasteiger partial charge in [-0.05, 0) is 69.0 Å². The standard InChI is InChI=1S/C34H36N4O/c1-24-11-15-27(16-12-24)22-30(19-20-31(39)23-29-8-6-7-21-36-29)38-33-10-5-4-9-32(33)37(34(38)35)26(3)28-17-13-25(2)14-18-28/h4-18,21,26,30,35H,19-20,22-23H2,1-3H3/t26?,30-/m1/s1. The number of para-hydroxylation sites is 2. The van der Waals surface area contributed by atoms with Crippen LogP contribution >= 0.6 is 0 Å². The predicted octanol–water partition coefficient (Wildman–Crippen LogP) is 6.92. The summed E-state index contributed by atoms with van der Waals surface area (Å²) in [6.45, 7) is 6.34. The highest BCUT2D eigenvalue weighted by atomic mass is 16.1. The third-order valence-corrected chi connectivity index (χ3v) is 7.62. The Kier molecular flexibility index (Phi) is 7.87. The third-order valence-electron chi connectivity index (χ3n) is 7.62. The molecule has 1 unspecified atom stereocenters. The zero-order chi connectivity index (χ0) is 27.4. The first-order valence-electron chi connectivity index (χ1n) is 13.7. The summed E-state index contributed by atoms with van der Waals surface area (Å²) in [5, 5.41) is 9.42. The molecule has 0 amide bonds. The first-order valence-corrected chi connectivity index (χ1v) is 13.7. The molecule has 0 saturated carbocycles. The molecule has 0 aliphatic heterocycles. The summed E-state index contributed by atoms with van der Waals surface area (Å²) in [6, 6.07) is 31.1. The minimum Gasteiger partial charge on any atom is -0.307 e. The first kappa shape index (κ1) is 26.4. The van der Waals surface area contributed by atoms with Crippen molar-refractivity contribution in [3.8, 4) is 0 Å². The lowest BCUT2D eigenvalue weighted by Gasteiger charge is -2.21. The number of carbonyl (C=O) groups excluding carboxylic acids is 1. The number of ketones is 1. The second-order valence-corrected chi connectivity index (χ2v) is 10.6. The number of nitrogens with zero attached hydrogens (tertiary/aromatic N) is 3. The molecule has 1 N–H and O–H groups in total. The number of aryl methyl sites for hydroxylation is 2. The Bertz CT molecular complexity index is 1610. The molecule has 39 heavy (non-hydrogen) atoms. The van der Waals surface area contributed by atoms with Crippen LogP contribution in [0.15, 0.2) is 97.2 Å². The number of Topliss-reactive ketones (excluding diaryl/α,β-unsaturated/α-hetero) is 1. The summed E-state index contributed by atoms with van der Waals surface area (Å²) in [5.41, 5.74) is 8.13. The van der Waals surface area contributed by atoms with E-state index >= 15 is 0 Å². The number of imidazole rings is 1. The van der Waals surface area contributed by atoms with E-state index in [9.17, 15) is 10.2 Å². The zero-order valence-electron chi connectivity index (χ0n) is 23.0. The first-order chi connectivity index (χ1) is 18.9. The SMILES string of the molecule is Cc1ccc(C[C@@H](CCC(=O)Cc2ccccn2)n2c(=N)n(C(C)c3ccc(C)cc3)c3ccccc32)cc1. The lowest BCUT2D eigenvalue weighted by atomic mass is 9.98. The third kappa shape index (κ3) is 5.93. The average molecular weight is 517 g/mol. The molecule has 5 aromatic rings. The van der Waals surface area contributed by atoms with E-state index in [1.165, 1.54) is 22.3 Å². The molecule has 0 aliphatic carbocycles. The molecule has 198 valence electrons. The minimum absolute atomic E-state index is 0.00457. The molecule has 0 fully saturated rings. The van der Waals surface area contributed by atoms with Crippen LogP contribution in [0.1, 0.15) is 59.8 Å². The number of fused-ring (bicyclic) bond motifs is 1. The van der Waals surface area contributed by atoms with Gasteiger partial charge in [0.15, 0.2) is 0 Å². The molecule has 0 bridgehead atoms. The lowest BCUT2D eigenvalue weighted by Crippen LogP contribution is -2.31. The van der Waals surface area contributed by atoms with Crippen molar-refractivity contribution >= 4 is 16.8 Å². The van der Waals surface area contributed by atoms with Crippen LogP contribution in [-0.2, 0) is 17.6 Å². The van der Waals surface area contributed by atoms with Gasteiger partial charge in [-0.1, -0.05) is 77.9 Å². The molecule has 2 heterocycles. The molecular formula is C34H36N4O. The summed E-state index contributed by atoms with van der Waals surface area (Å²) in [6.07, 6.45) is 3.91. The van der Waals surface area contributed by atoms with Gasteiger partial charge in [-0.15, -0.1) is 0 Å². The summed E-state index contributed by atoms with van der Waals surface area (Å²) in [5.74, 6) is 0.173. The van der Waals surface area contributed by atoms with Gasteiger partial charge in [-0.3, -0.25) is 15.2 Å². The fourth-order valence-corrected chi connectivity index (χ4v) is 5.41. The van der Waals surface area contributed by atoms with E-state index in [2.05, 4.69) is 95.6 Å². The fourth-order valence-electron chi connectivity index (χ4n) is 5.41. The molecule has 2 atom stereocenters. The monoisotopic (exact) mass is 516 g/mol. The van der Waals surface area contributed by atoms with Gasteiger partial charge in [-0.25, -0.2) is 0 Å². The molecule has 0 spiro atoms. The molecule has 0 radical (unpaired) electrons. The lowest BCUT2D eigenvalue weighted by molar-refractivity contribution is -0.118. The Morgan fingerprint density at radius 2 is 1.44 bits per heavy atom. The Morgan fingerprint density at radius 1 is 0.821 bits per heavy atom. The van der Waals surface area contributed by atoms with Crippen molar-refractivity contribution in [2.24, 2.45) is 0 Å². The second-order valence-electron chi connectivity index (χ2n) is 10.6. The number of aromatic nitrogens is 3. The normalized spacial score (nSPS) is 12.9. The van der Waals surface area contributed by atoms with Crippen molar-refractivity contribution in [3.05, 3.63) is 131 Å². The van der Waals surface area contributed by atoms with Gasteiger partial charge in [0.05, 0.1) is 17.1 Å². The van der Waals surface area contributed by atoms with Crippen LogP contribution in [-0.4, -0.2) is 19.9 Å². The number of nitrogens with one attached hydrogen (secondary N) is 1. The molecule has 0 aliphatic rings. The number of carbonyl (C=O) groups is 1. The van der Waals surface area contributed by atoms with E-state index in [-0.39, 0.29) is 17.9 Å². The van der Waals surface area contributed by atoms with Crippen molar-refractivity contribution in [2.45, 2.75) is 58.5 Å². The van der Waals surface area contributed by atoms with Crippen molar-refractivity contribution in [1.29, 1.82) is 5.41 Å². The molecule has 2 aromatic heterocycles. The molecule has 0 saturated heterocycles. The highest BCUT2D eigenvalue weighted by molar-refractivity contribution is 5.80. The van der Waals surface area contributed by atoms with Gasteiger partial charge >= 0.3 is 0 Å². The smallest absolute Gasteiger partial charge is 0.203 e. The number of hydrogen-bond acceptors (Lipinski definition) is 3. The molecule has 5 heteroatoms. The van der Waals surface area contributed by atoms with Crippen LogP contribution in [0.25, 0.3) is 11.0 Å². The highest BCUT2D eigenvalue weighted by Gasteiger charge is 2.23. The summed E-state index contributed by atoms with van der Waals surface area (Å²) in [7, 11) is 0. The van der Waals surface area contributed by atoms with E-state index in [1.54, 1.807) is 6.20 Å². The molecule has 3 aromatic carbocycles. The number of hydrogen-bond donors (Lipinski definition) is 1. The van der Waals surface area contributed by atoms with Crippen LogP contribution < -0.4 is 5.62 Å². The highest BCUT2D eigenvalue weighted by Crippen LogP contribution is 2.28. The molecule has 5 nitrogen and oxygen atoms in total. The summed E-state index contributed by atoms with van der Waals surface area (Å²) in [4.78, 5) is 17.4. The van der Waals surface area contributed by atoms with E-state index in [0.717, 1.165) is 23.1 Å². The quantitative estimate of drug-likeness (QED) is 0.219. The Labute approximate surface area is 230 Å². The zero-order valence-corrected chi connectivity index (χ0v) is 23.0. The topological polar surface area (TPSA) is 63.7 Å². The number of rotatable bonds is 10. The maximum atomic E-state index is 13.0. The Morgan fingerprint density at radius 3 is 2.08 bits per heavy atom. The van der Waals surface area contributed by atoms with Crippen molar-refractivity contribution < 1.29 is 4.79 Å². The van der Waals surface area contributed by atoms with Crippen LogP contribution in [0.4, 0.5) is 0 Å². The van der Waals surface area contributed by atoms with Crippen LogP contribution in [0, 0.1) is 19.3 Å². The summed E-state index contributed by atoms with van der Waals surface area (Å²) >= 11 is 0. The van der Waals surface area contributed by atoms with Gasteiger partial charge in [0.2, 0.25) is 5.62 Å². The fraction of sp³-hybridized carbons (Fsp3) is 0.265. The summed E-state index contributed by atoms with van der Waals surface area (Å²) < 4.78 is 4.27. The Balaban J connectivity index is 1.53. The minimum atomic E-state index is -0.0377. The maximum Gasteiger partial charge on any atom is 0.203 e. The van der Waals surface area contributed by atoms with E-state index in [1.807, 2.05) is 30.3 Å². The predicted molar refractivity (Wildman–Crippen MR) is 157 cm³/mol. The number of benzene rings is 3. The van der Waals surface area contributed by atoms with E-state index < -0.39 is 0 Å². The van der Waals surface area contributed by atoms with E-state index in [4.69, 9.17) is 0 Å². The Hall–Kier alpha value is -4.25. The van der Waals surface area contributed by atoms with Gasteiger partial charge in [-0.2, -0.15) is 0 Å². The van der Waals surface area contributed by atoms with Crippen molar-refractivity contribution in [2.75, 3.05) is 0 Å². The second kappa shape index (κ2) is 11.6. The van der Waals surface area contributed by atoms with Crippen LogP contribution in [0.3, 0.4) is 0 Å². The van der Waals surface area contributed by atoms with Crippen LogP contribution in [0.2, 0.25) is 0 Å². The maximum absolute atomic E-state index is 13.0. The average Bonchev–Trinajstić information content (AvgIpc) is 3.24. The molecule has 5 rings (SSSR count). The van der Waals surface area contributed by atoms with E-state index in [0.29, 0.717) is 24.9 Å². The van der Waals surface area contributed by atoms with Gasteiger partial charge < -0.3 is 9.13 Å². The molecular weight excluding hydrogens is 480 g/mol. The van der Waals surface area contributed by atoms with Crippen LogP contribution in [0.5, 0.6) is 0 Å². The van der Waals surface area contributed by atoms with Gasteiger partial charge in [0.25, 0.3) is 0 Å². The van der Waals surface area contributed by atoms with Gasteiger partial charge in [0.1, 0.15) is 5.78 Å². The number of pyridine rings is 1. The van der Waals surface area contributed by atoms with Gasteiger partial charge in [0, 0.05) is 30.8 Å². The van der Waals surface area contributed by atoms with Crippen molar-refractivity contribution in [3.63, 3.8) is 0 Å².